The average Bonchev–Trinajstić information content (AvgIpc) is 2.36. The van der Waals surface area contributed by atoms with Crippen LogP contribution < -0.4 is 16.0 Å². The van der Waals surface area contributed by atoms with Crippen molar-refractivity contribution in [1.82, 2.24) is 5.32 Å². The molecule has 0 aliphatic rings. The molecule has 5 heteroatoms. The maximum absolute atomic E-state index is 11.1. The second kappa shape index (κ2) is 8.27. The first kappa shape index (κ1) is 17.0. The van der Waals surface area contributed by atoms with E-state index in [2.05, 4.69) is 47.2 Å². The molecule has 112 valence electrons. The smallest absolute Gasteiger partial charge is 0.236 e. The summed E-state index contributed by atoms with van der Waals surface area (Å²) in [7, 11) is 0. The Bertz CT molecular complexity index is 449. The summed E-state index contributed by atoms with van der Waals surface area (Å²) in [5.74, 6) is 0.324. The van der Waals surface area contributed by atoms with Gasteiger partial charge in [0.1, 0.15) is 0 Å². The Labute approximate surface area is 129 Å². The van der Waals surface area contributed by atoms with Crippen LogP contribution in [0.5, 0.6) is 0 Å². The number of benzene rings is 1. The predicted molar refractivity (Wildman–Crippen MR) is 87.8 cm³/mol. The van der Waals surface area contributed by atoms with Gasteiger partial charge in [-0.2, -0.15) is 0 Å². The normalized spacial score (nSPS) is 10.8. The Morgan fingerprint density at radius 3 is 2.65 bits per heavy atom. The molecule has 0 radical (unpaired) electrons. The molecule has 1 amide bonds. The quantitative estimate of drug-likeness (QED) is 0.763. The van der Waals surface area contributed by atoms with Crippen LogP contribution in [0.2, 0.25) is 0 Å². The minimum atomic E-state index is -0.318. The van der Waals surface area contributed by atoms with Gasteiger partial charge in [0, 0.05) is 17.6 Å². The molecule has 0 saturated carbocycles. The van der Waals surface area contributed by atoms with Crippen molar-refractivity contribution in [2.75, 3.05) is 24.5 Å². The van der Waals surface area contributed by atoms with Crippen LogP contribution in [0.1, 0.15) is 26.3 Å². The number of carbonyl (C=O) groups is 1. The summed E-state index contributed by atoms with van der Waals surface area (Å²) in [6.45, 7) is 9.21. The van der Waals surface area contributed by atoms with Gasteiger partial charge in [-0.1, -0.05) is 19.9 Å². The number of nitrogens with one attached hydrogen (secondary N) is 1. The Morgan fingerprint density at radius 1 is 1.45 bits per heavy atom. The zero-order chi connectivity index (χ0) is 15.1. The molecule has 0 aliphatic carbocycles. The number of likely N-dealkylation sites (N-methyl/N-ethyl adjacent to an activating group) is 1. The third-order valence-corrected chi connectivity index (χ3v) is 3.60. The minimum absolute atomic E-state index is 0.236. The van der Waals surface area contributed by atoms with Crippen LogP contribution in [0, 0.1) is 5.92 Å². The van der Waals surface area contributed by atoms with Crippen LogP contribution in [0.15, 0.2) is 22.7 Å². The highest BCUT2D eigenvalue weighted by Gasteiger charge is 2.11. The van der Waals surface area contributed by atoms with E-state index in [-0.39, 0.29) is 12.5 Å². The first-order valence-electron chi connectivity index (χ1n) is 6.96. The Morgan fingerprint density at radius 2 is 2.15 bits per heavy atom. The summed E-state index contributed by atoms with van der Waals surface area (Å²) in [6, 6.07) is 6.20. The molecular weight excluding hydrogens is 318 g/mol. The van der Waals surface area contributed by atoms with Gasteiger partial charge in [-0.05, 0) is 53.0 Å². The fraction of sp³-hybridized carbons (Fsp3) is 0.533. The first-order chi connectivity index (χ1) is 9.43. The predicted octanol–water partition coefficient (Wildman–Crippen LogP) is 2.51. The van der Waals surface area contributed by atoms with E-state index in [0.29, 0.717) is 5.92 Å². The molecule has 3 N–H and O–H groups in total. The van der Waals surface area contributed by atoms with Gasteiger partial charge in [0.05, 0.1) is 12.2 Å². The lowest BCUT2D eigenvalue weighted by Gasteiger charge is -2.23. The highest BCUT2D eigenvalue weighted by atomic mass is 79.9. The van der Waals surface area contributed by atoms with Crippen LogP contribution in [0.4, 0.5) is 5.69 Å². The first-order valence-corrected chi connectivity index (χ1v) is 7.75. The molecule has 0 unspecified atom stereocenters. The molecule has 4 nitrogen and oxygen atoms in total. The Hall–Kier alpha value is -1.07. The highest BCUT2D eigenvalue weighted by Crippen LogP contribution is 2.27. The number of halogens is 1. The topological polar surface area (TPSA) is 58.4 Å². The van der Waals surface area contributed by atoms with Crippen LogP contribution in [0.25, 0.3) is 0 Å². The number of nitrogens with two attached hydrogens (primary N) is 1. The largest absolute Gasteiger partial charge is 0.368 e. The summed E-state index contributed by atoms with van der Waals surface area (Å²) in [6.07, 6.45) is 0. The Balaban J connectivity index is 2.73. The molecule has 0 heterocycles. The lowest BCUT2D eigenvalue weighted by molar-refractivity contribution is -0.116. The van der Waals surface area contributed by atoms with Crippen molar-refractivity contribution < 1.29 is 4.79 Å². The number of rotatable bonds is 8. The zero-order valence-electron chi connectivity index (χ0n) is 12.4. The Kier molecular flexibility index (Phi) is 7.02. The minimum Gasteiger partial charge on any atom is -0.368 e. The fourth-order valence-electron chi connectivity index (χ4n) is 1.98. The van der Waals surface area contributed by atoms with Crippen molar-refractivity contribution in [3.8, 4) is 0 Å². The summed E-state index contributed by atoms with van der Waals surface area (Å²) in [4.78, 5) is 13.0. The van der Waals surface area contributed by atoms with Gasteiger partial charge in [0.2, 0.25) is 5.91 Å². The molecule has 0 fully saturated rings. The van der Waals surface area contributed by atoms with Gasteiger partial charge in [-0.3, -0.25) is 4.79 Å². The van der Waals surface area contributed by atoms with E-state index >= 15 is 0 Å². The lowest BCUT2D eigenvalue weighted by Crippen LogP contribution is -2.33. The number of anilines is 1. The van der Waals surface area contributed by atoms with Gasteiger partial charge in [-0.15, -0.1) is 0 Å². The second-order valence-corrected chi connectivity index (χ2v) is 6.15. The second-order valence-electron chi connectivity index (χ2n) is 5.29. The fourth-order valence-corrected chi connectivity index (χ4v) is 2.65. The average molecular weight is 342 g/mol. The molecular formula is C15H24BrN3O. The van der Waals surface area contributed by atoms with E-state index in [1.54, 1.807) is 0 Å². The molecule has 0 aliphatic heterocycles. The van der Waals surface area contributed by atoms with E-state index in [9.17, 15) is 4.79 Å². The van der Waals surface area contributed by atoms with E-state index in [4.69, 9.17) is 5.73 Å². The molecule has 0 saturated heterocycles. The van der Waals surface area contributed by atoms with E-state index in [0.717, 1.165) is 29.8 Å². The molecule has 1 aromatic carbocycles. The number of primary amides is 1. The van der Waals surface area contributed by atoms with Crippen LogP contribution in [-0.2, 0) is 11.3 Å². The van der Waals surface area contributed by atoms with Crippen molar-refractivity contribution in [3.05, 3.63) is 28.2 Å². The number of amides is 1. The van der Waals surface area contributed by atoms with Crippen molar-refractivity contribution in [2.24, 2.45) is 11.7 Å². The lowest BCUT2D eigenvalue weighted by atomic mass is 10.1. The molecule has 0 spiro atoms. The van der Waals surface area contributed by atoms with Gasteiger partial charge in [0.15, 0.2) is 0 Å². The maximum atomic E-state index is 11.1. The van der Waals surface area contributed by atoms with E-state index in [1.807, 2.05) is 17.9 Å². The number of nitrogens with zero attached hydrogens (tertiary/aromatic N) is 1. The van der Waals surface area contributed by atoms with Crippen molar-refractivity contribution in [2.45, 2.75) is 27.3 Å². The summed E-state index contributed by atoms with van der Waals surface area (Å²) in [5.41, 5.74) is 7.49. The van der Waals surface area contributed by atoms with Crippen molar-refractivity contribution in [1.29, 1.82) is 0 Å². The van der Waals surface area contributed by atoms with E-state index < -0.39 is 0 Å². The SMILES string of the molecule is CCN(CC(N)=O)c1ccc(CNCC(C)C)cc1Br. The van der Waals surface area contributed by atoms with E-state index in [1.165, 1.54) is 5.56 Å². The zero-order valence-corrected chi connectivity index (χ0v) is 14.0. The standard InChI is InChI=1S/C15H24BrN3O/c1-4-19(10-15(17)20)14-6-5-12(7-13(14)16)9-18-8-11(2)3/h5-7,11,18H,4,8-10H2,1-3H3,(H2,17,20). The molecule has 0 aromatic heterocycles. The number of hydrogen-bond acceptors (Lipinski definition) is 3. The highest BCUT2D eigenvalue weighted by molar-refractivity contribution is 9.10. The van der Waals surface area contributed by atoms with Gasteiger partial charge in [0.25, 0.3) is 0 Å². The summed E-state index contributed by atoms with van der Waals surface area (Å²) in [5, 5.41) is 3.41. The third-order valence-electron chi connectivity index (χ3n) is 2.96. The van der Waals surface area contributed by atoms with Crippen molar-refractivity contribution >= 4 is 27.5 Å². The van der Waals surface area contributed by atoms with Crippen molar-refractivity contribution in [3.63, 3.8) is 0 Å². The monoisotopic (exact) mass is 341 g/mol. The third kappa shape index (κ3) is 5.51. The molecule has 1 rings (SSSR count). The van der Waals surface area contributed by atoms with Gasteiger partial charge in [-0.25, -0.2) is 0 Å². The molecule has 1 aromatic rings. The number of carbonyl (C=O) groups excluding carboxylic acids is 1. The summed E-state index contributed by atoms with van der Waals surface area (Å²) < 4.78 is 0.990. The van der Waals surface area contributed by atoms with Crippen LogP contribution in [-0.4, -0.2) is 25.5 Å². The maximum Gasteiger partial charge on any atom is 0.236 e. The summed E-state index contributed by atoms with van der Waals surface area (Å²) >= 11 is 3.58. The molecule has 20 heavy (non-hydrogen) atoms. The van der Waals surface area contributed by atoms with Crippen LogP contribution in [0.3, 0.4) is 0 Å². The van der Waals surface area contributed by atoms with Gasteiger partial charge < -0.3 is 16.0 Å². The van der Waals surface area contributed by atoms with Crippen LogP contribution >= 0.6 is 15.9 Å². The molecule has 0 bridgehead atoms. The van der Waals surface area contributed by atoms with Gasteiger partial charge >= 0.3 is 0 Å². The molecule has 0 atom stereocenters. The number of hydrogen-bond donors (Lipinski definition) is 2.